The molecule has 0 spiro atoms. The van der Waals surface area contributed by atoms with E-state index in [1.807, 2.05) is 38.1 Å². The van der Waals surface area contributed by atoms with Crippen LogP contribution in [-0.2, 0) is 9.59 Å². The first kappa shape index (κ1) is 20.3. The fourth-order valence-electron chi connectivity index (χ4n) is 2.60. The summed E-state index contributed by atoms with van der Waals surface area (Å²) in [5.74, 6) is 1.23. The molecule has 6 nitrogen and oxygen atoms in total. The third kappa shape index (κ3) is 6.33. The highest BCUT2D eigenvalue weighted by Crippen LogP contribution is 2.20. The van der Waals surface area contributed by atoms with Gasteiger partial charge in [0.15, 0.2) is 0 Å². The van der Waals surface area contributed by atoms with Crippen LogP contribution in [0.2, 0.25) is 0 Å². The van der Waals surface area contributed by atoms with E-state index < -0.39 is 0 Å². The Kier molecular flexibility index (Phi) is 7.67. The zero-order valence-corrected chi connectivity index (χ0v) is 16.0. The predicted octanol–water partition coefficient (Wildman–Crippen LogP) is 3.87. The van der Waals surface area contributed by atoms with Crippen LogP contribution >= 0.6 is 0 Å². The van der Waals surface area contributed by atoms with Crippen LogP contribution in [0.5, 0.6) is 11.5 Å². The van der Waals surface area contributed by atoms with Gasteiger partial charge in [-0.3, -0.25) is 9.59 Å². The van der Waals surface area contributed by atoms with E-state index in [1.165, 1.54) is 6.92 Å². The molecule has 0 aromatic heterocycles. The highest BCUT2D eigenvalue weighted by atomic mass is 16.5. The van der Waals surface area contributed by atoms with E-state index in [1.54, 1.807) is 29.2 Å². The van der Waals surface area contributed by atoms with Gasteiger partial charge in [0.1, 0.15) is 11.5 Å². The Labute approximate surface area is 160 Å². The lowest BCUT2D eigenvalue weighted by Gasteiger charge is -2.21. The van der Waals surface area contributed by atoms with E-state index >= 15 is 0 Å². The van der Waals surface area contributed by atoms with Crippen LogP contribution in [0.15, 0.2) is 48.5 Å². The summed E-state index contributed by atoms with van der Waals surface area (Å²) in [5, 5.41) is 2.83. The molecule has 0 aliphatic heterocycles. The largest absolute Gasteiger partial charge is 0.494 e. The molecule has 144 valence electrons. The third-order valence-electron chi connectivity index (χ3n) is 3.85. The summed E-state index contributed by atoms with van der Waals surface area (Å²) < 4.78 is 10.8. The predicted molar refractivity (Wildman–Crippen MR) is 106 cm³/mol. The zero-order valence-electron chi connectivity index (χ0n) is 16.0. The Morgan fingerprint density at radius 3 is 1.89 bits per heavy atom. The summed E-state index contributed by atoms with van der Waals surface area (Å²) in [4.78, 5) is 25.8. The second-order valence-electron chi connectivity index (χ2n) is 5.85. The first-order valence-corrected chi connectivity index (χ1v) is 9.07. The Morgan fingerprint density at radius 1 is 0.889 bits per heavy atom. The van der Waals surface area contributed by atoms with Crippen molar-refractivity contribution in [3.05, 3.63) is 48.5 Å². The van der Waals surface area contributed by atoms with Crippen LogP contribution in [0.4, 0.5) is 11.4 Å². The molecule has 0 atom stereocenters. The van der Waals surface area contributed by atoms with Gasteiger partial charge in [-0.15, -0.1) is 0 Å². The molecule has 0 radical (unpaired) electrons. The number of carbonyl (C=O) groups is 2. The molecule has 0 aliphatic carbocycles. The van der Waals surface area contributed by atoms with Crippen molar-refractivity contribution in [2.45, 2.75) is 27.2 Å². The number of amides is 2. The molecule has 0 saturated carbocycles. The molecule has 0 heterocycles. The van der Waals surface area contributed by atoms with Crippen LogP contribution in [0, 0.1) is 0 Å². The van der Waals surface area contributed by atoms with Gasteiger partial charge in [0, 0.05) is 31.3 Å². The third-order valence-corrected chi connectivity index (χ3v) is 3.85. The van der Waals surface area contributed by atoms with Gasteiger partial charge in [0.25, 0.3) is 0 Å². The maximum absolute atomic E-state index is 12.2. The number of nitrogens with one attached hydrogen (secondary N) is 1. The number of hydrogen-bond acceptors (Lipinski definition) is 4. The van der Waals surface area contributed by atoms with E-state index in [0.29, 0.717) is 25.4 Å². The number of nitrogens with zero attached hydrogens (tertiary/aromatic N) is 1. The van der Waals surface area contributed by atoms with Crippen molar-refractivity contribution >= 4 is 23.2 Å². The van der Waals surface area contributed by atoms with Crippen molar-refractivity contribution < 1.29 is 19.1 Å². The lowest BCUT2D eigenvalue weighted by Crippen LogP contribution is -2.31. The molecular formula is C21H26N2O4. The van der Waals surface area contributed by atoms with Gasteiger partial charge in [-0.25, -0.2) is 0 Å². The normalized spacial score (nSPS) is 10.2. The molecule has 0 bridgehead atoms. The summed E-state index contributed by atoms with van der Waals surface area (Å²) in [6.45, 7) is 6.80. The van der Waals surface area contributed by atoms with Crippen molar-refractivity contribution in [3.8, 4) is 11.5 Å². The number of hydrogen-bond donors (Lipinski definition) is 1. The van der Waals surface area contributed by atoms with E-state index in [2.05, 4.69) is 5.32 Å². The summed E-state index contributed by atoms with van der Waals surface area (Å²) in [7, 11) is 0. The van der Waals surface area contributed by atoms with Crippen molar-refractivity contribution in [1.29, 1.82) is 0 Å². The second-order valence-corrected chi connectivity index (χ2v) is 5.85. The fraction of sp³-hybridized carbons (Fsp3) is 0.333. The number of benzene rings is 2. The van der Waals surface area contributed by atoms with Crippen LogP contribution in [-0.4, -0.2) is 31.6 Å². The Hall–Kier alpha value is -3.02. The molecule has 0 unspecified atom stereocenters. The van der Waals surface area contributed by atoms with Gasteiger partial charge in [0.2, 0.25) is 11.8 Å². The Bertz CT molecular complexity index is 742. The first-order valence-electron chi connectivity index (χ1n) is 9.07. The van der Waals surface area contributed by atoms with E-state index in [4.69, 9.17) is 9.47 Å². The van der Waals surface area contributed by atoms with Gasteiger partial charge < -0.3 is 19.7 Å². The zero-order chi connectivity index (χ0) is 19.6. The van der Waals surface area contributed by atoms with Crippen molar-refractivity contribution in [3.63, 3.8) is 0 Å². The fourth-order valence-corrected chi connectivity index (χ4v) is 2.60. The number of rotatable bonds is 9. The van der Waals surface area contributed by atoms with Gasteiger partial charge >= 0.3 is 0 Å². The molecular weight excluding hydrogens is 344 g/mol. The average molecular weight is 370 g/mol. The summed E-state index contributed by atoms with van der Waals surface area (Å²) >= 11 is 0. The van der Waals surface area contributed by atoms with Crippen LogP contribution < -0.4 is 19.7 Å². The smallest absolute Gasteiger partial charge is 0.226 e. The SMILES string of the molecule is CCOc1ccc(NC(=O)CCN(C(C)=O)c2ccc(OCC)cc2)cc1. The van der Waals surface area contributed by atoms with E-state index in [-0.39, 0.29) is 18.2 Å². The van der Waals surface area contributed by atoms with Gasteiger partial charge in [0.05, 0.1) is 13.2 Å². The van der Waals surface area contributed by atoms with Crippen LogP contribution in [0.25, 0.3) is 0 Å². The van der Waals surface area contributed by atoms with E-state index in [0.717, 1.165) is 17.2 Å². The van der Waals surface area contributed by atoms with E-state index in [9.17, 15) is 9.59 Å². The van der Waals surface area contributed by atoms with Crippen LogP contribution in [0.3, 0.4) is 0 Å². The molecule has 2 amide bonds. The minimum absolute atomic E-state index is 0.118. The minimum atomic E-state index is -0.156. The van der Waals surface area contributed by atoms with Crippen LogP contribution in [0.1, 0.15) is 27.2 Å². The highest BCUT2D eigenvalue weighted by Gasteiger charge is 2.14. The lowest BCUT2D eigenvalue weighted by molar-refractivity contribution is -0.117. The molecule has 0 fully saturated rings. The topological polar surface area (TPSA) is 67.9 Å². The monoisotopic (exact) mass is 370 g/mol. The van der Waals surface area contributed by atoms with Crippen molar-refractivity contribution in [2.75, 3.05) is 30.0 Å². The summed E-state index contributed by atoms with van der Waals surface area (Å²) in [6, 6.07) is 14.5. The second kappa shape index (κ2) is 10.2. The maximum atomic E-state index is 12.2. The number of anilines is 2. The number of ether oxygens (including phenoxy) is 2. The summed E-state index contributed by atoms with van der Waals surface area (Å²) in [6.07, 6.45) is 0.194. The molecule has 6 heteroatoms. The molecule has 2 aromatic rings. The standard InChI is InChI=1S/C21H26N2O4/c1-4-26-19-10-6-17(7-11-19)22-21(25)14-15-23(16(3)24)18-8-12-20(13-9-18)27-5-2/h6-13H,4-5,14-15H2,1-3H3,(H,22,25). The van der Waals surface area contributed by atoms with Crippen molar-refractivity contribution in [2.24, 2.45) is 0 Å². The first-order chi connectivity index (χ1) is 13.0. The van der Waals surface area contributed by atoms with Gasteiger partial charge in [-0.2, -0.15) is 0 Å². The molecule has 0 aliphatic rings. The minimum Gasteiger partial charge on any atom is -0.494 e. The lowest BCUT2D eigenvalue weighted by atomic mass is 10.2. The number of carbonyl (C=O) groups excluding carboxylic acids is 2. The molecule has 1 N–H and O–H groups in total. The highest BCUT2D eigenvalue weighted by molar-refractivity contribution is 5.94. The molecule has 0 saturated heterocycles. The van der Waals surface area contributed by atoms with Crippen molar-refractivity contribution in [1.82, 2.24) is 0 Å². The van der Waals surface area contributed by atoms with Gasteiger partial charge in [-0.05, 0) is 62.4 Å². The molecule has 2 rings (SSSR count). The summed E-state index contributed by atoms with van der Waals surface area (Å²) in [5.41, 5.74) is 1.43. The maximum Gasteiger partial charge on any atom is 0.226 e. The average Bonchev–Trinajstić information content (AvgIpc) is 2.65. The Balaban J connectivity index is 1.92. The molecule has 27 heavy (non-hydrogen) atoms. The van der Waals surface area contributed by atoms with Gasteiger partial charge in [-0.1, -0.05) is 0 Å². The Morgan fingerprint density at radius 2 is 1.41 bits per heavy atom. The molecule has 2 aromatic carbocycles. The quantitative estimate of drug-likeness (QED) is 0.728.